The summed E-state index contributed by atoms with van der Waals surface area (Å²) in [4.78, 5) is 21.9. The highest BCUT2D eigenvalue weighted by atomic mass is 16.6. The van der Waals surface area contributed by atoms with Crippen LogP contribution in [0.5, 0.6) is 0 Å². The highest BCUT2D eigenvalue weighted by Gasteiger charge is 2.41. The van der Waals surface area contributed by atoms with Crippen LogP contribution in [-0.4, -0.2) is 26.8 Å². The summed E-state index contributed by atoms with van der Waals surface area (Å²) in [6.45, 7) is 5.47. The first-order valence-corrected chi connectivity index (χ1v) is 12.3. The van der Waals surface area contributed by atoms with E-state index >= 15 is 0 Å². The molecule has 1 aliphatic rings. The highest BCUT2D eigenvalue weighted by molar-refractivity contribution is 5.92. The van der Waals surface area contributed by atoms with E-state index in [0.717, 1.165) is 58.1 Å². The van der Waals surface area contributed by atoms with Gasteiger partial charge in [0.25, 0.3) is 0 Å². The number of nitrogens with one attached hydrogen (secondary N) is 1. The van der Waals surface area contributed by atoms with Crippen LogP contribution in [0.2, 0.25) is 0 Å². The second-order valence-corrected chi connectivity index (χ2v) is 10.4. The first kappa shape index (κ1) is 23.9. The molecule has 0 atom stereocenters. The van der Waals surface area contributed by atoms with Gasteiger partial charge in [-0.15, -0.1) is 0 Å². The number of carbonyl (C=O) groups is 1. The standard InChI is InChI=1S/C30H31N3O3/c1-29(2,3)36-28(35)33-30(15-7-16-30)22-12-10-21(11-13-22)27-23(20-8-5-4-6-9-20)18-24-25(32-27)14-17-31-26(24)19-34/h4-6,8-14,17-18,34H,7,15-16,19H2,1-3H3,(H,33,35). The lowest BCUT2D eigenvalue weighted by Gasteiger charge is -2.43. The third-order valence-corrected chi connectivity index (χ3v) is 6.72. The summed E-state index contributed by atoms with van der Waals surface area (Å²) in [6, 6.07) is 22.4. The Balaban J connectivity index is 1.54. The molecule has 5 rings (SSSR count). The van der Waals surface area contributed by atoms with Gasteiger partial charge in [-0.25, -0.2) is 9.78 Å². The van der Waals surface area contributed by atoms with Crippen molar-refractivity contribution in [1.82, 2.24) is 15.3 Å². The van der Waals surface area contributed by atoms with Gasteiger partial charge in [0.2, 0.25) is 0 Å². The topological polar surface area (TPSA) is 84.3 Å². The van der Waals surface area contributed by atoms with Crippen LogP contribution in [0.4, 0.5) is 4.79 Å². The van der Waals surface area contributed by atoms with Crippen molar-refractivity contribution in [3.63, 3.8) is 0 Å². The zero-order chi connectivity index (χ0) is 25.3. The maximum atomic E-state index is 12.5. The maximum absolute atomic E-state index is 12.5. The fourth-order valence-corrected chi connectivity index (χ4v) is 4.80. The summed E-state index contributed by atoms with van der Waals surface area (Å²) in [7, 11) is 0. The molecule has 2 aromatic carbocycles. The predicted molar refractivity (Wildman–Crippen MR) is 141 cm³/mol. The summed E-state index contributed by atoms with van der Waals surface area (Å²) < 4.78 is 5.53. The Kier molecular flexibility index (Phi) is 6.22. The Hall–Kier alpha value is -3.77. The van der Waals surface area contributed by atoms with Gasteiger partial charge >= 0.3 is 6.09 Å². The Morgan fingerprint density at radius 3 is 2.36 bits per heavy atom. The number of alkyl carbamates (subject to hydrolysis) is 1. The zero-order valence-electron chi connectivity index (χ0n) is 20.9. The van der Waals surface area contributed by atoms with E-state index in [2.05, 4.69) is 52.8 Å². The Morgan fingerprint density at radius 1 is 1.03 bits per heavy atom. The number of pyridine rings is 2. The number of aliphatic hydroxyl groups excluding tert-OH is 1. The van der Waals surface area contributed by atoms with Crippen molar-refractivity contribution >= 4 is 17.0 Å². The van der Waals surface area contributed by atoms with Gasteiger partial charge in [-0.05, 0) is 63.3 Å². The van der Waals surface area contributed by atoms with Crippen molar-refractivity contribution in [2.45, 2.75) is 57.8 Å². The van der Waals surface area contributed by atoms with E-state index in [-0.39, 0.29) is 12.7 Å². The summed E-state index contributed by atoms with van der Waals surface area (Å²) in [6.07, 6.45) is 4.11. The quantitative estimate of drug-likeness (QED) is 0.346. The molecule has 0 bridgehead atoms. The molecule has 2 N–H and O–H groups in total. The number of benzene rings is 2. The molecule has 6 heteroatoms. The first-order chi connectivity index (χ1) is 17.3. The van der Waals surface area contributed by atoms with Crippen LogP contribution in [0, 0.1) is 0 Å². The molecule has 0 saturated heterocycles. The van der Waals surface area contributed by atoms with E-state index in [1.54, 1.807) is 6.20 Å². The fourth-order valence-electron chi connectivity index (χ4n) is 4.80. The number of amides is 1. The third kappa shape index (κ3) is 4.69. The Bertz CT molecular complexity index is 1390. The molecule has 0 aliphatic heterocycles. The van der Waals surface area contributed by atoms with Crippen molar-refractivity contribution in [2.24, 2.45) is 0 Å². The number of aliphatic hydroxyl groups is 1. The van der Waals surface area contributed by atoms with Crippen molar-refractivity contribution < 1.29 is 14.6 Å². The molecule has 2 heterocycles. The Labute approximate surface area is 211 Å². The smallest absolute Gasteiger partial charge is 0.408 e. The predicted octanol–water partition coefficient (Wildman–Crippen LogP) is 6.36. The van der Waals surface area contributed by atoms with Gasteiger partial charge in [0, 0.05) is 22.7 Å². The average Bonchev–Trinajstić information content (AvgIpc) is 2.84. The van der Waals surface area contributed by atoms with Crippen LogP contribution in [0.1, 0.15) is 51.3 Å². The lowest BCUT2D eigenvalue weighted by molar-refractivity contribution is 0.0377. The SMILES string of the molecule is CC(C)(C)OC(=O)NC1(c2ccc(-c3nc4ccnc(CO)c4cc3-c3ccccc3)cc2)CCC1. The number of hydrogen-bond acceptors (Lipinski definition) is 5. The third-order valence-electron chi connectivity index (χ3n) is 6.72. The number of ether oxygens (including phenoxy) is 1. The number of nitrogens with zero attached hydrogens (tertiary/aromatic N) is 2. The van der Waals surface area contributed by atoms with Crippen LogP contribution >= 0.6 is 0 Å². The molecule has 1 aliphatic carbocycles. The lowest BCUT2D eigenvalue weighted by Crippen LogP contribution is -2.52. The molecule has 0 unspecified atom stereocenters. The number of carbonyl (C=O) groups excluding carboxylic acids is 1. The van der Waals surface area contributed by atoms with E-state index in [9.17, 15) is 9.90 Å². The molecule has 4 aromatic rings. The molecule has 2 aromatic heterocycles. The monoisotopic (exact) mass is 481 g/mol. The van der Waals surface area contributed by atoms with Crippen molar-refractivity contribution in [1.29, 1.82) is 0 Å². The second-order valence-electron chi connectivity index (χ2n) is 10.4. The molecule has 1 fully saturated rings. The minimum Gasteiger partial charge on any atom is -0.444 e. The van der Waals surface area contributed by atoms with E-state index in [0.29, 0.717) is 5.69 Å². The van der Waals surface area contributed by atoms with E-state index < -0.39 is 11.1 Å². The zero-order valence-corrected chi connectivity index (χ0v) is 20.9. The van der Waals surface area contributed by atoms with E-state index in [1.165, 1.54) is 0 Å². The summed E-state index contributed by atoms with van der Waals surface area (Å²) in [5, 5.41) is 13.8. The van der Waals surface area contributed by atoms with Crippen molar-refractivity contribution in [3.05, 3.63) is 84.2 Å². The fraction of sp³-hybridized carbons (Fsp3) is 0.300. The van der Waals surface area contributed by atoms with Gasteiger partial charge in [0.15, 0.2) is 0 Å². The van der Waals surface area contributed by atoms with Gasteiger partial charge in [-0.2, -0.15) is 0 Å². The maximum Gasteiger partial charge on any atom is 0.408 e. The van der Waals surface area contributed by atoms with Gasteiger partial charge < -0.3 is 15.2 Å². The number of hydrogen-bond donors (Lipinski definition) is 2. The molecule has 36 heavy (non-hydrogen) atoms. The minimum absolute atomic E-state index is 0.145. The molecular weight excluding hydrogens is 450 g/mol. The molecule has 1 amide bonds. The average molecular weight is 482 g/mol. The summed E-state index contributed by atoms with van der Waals surface area (Å²) in [5.74, 6) is 0. The second kappa shape index (κ2) is 9.36. The first-order valence-electron chi connectivity index (χ1n) is 12.3. The number of aromatic nitrogens is 2. The molecular formula is C30H31N3O3. The van der Waals surface area contributed by atoms with Crippen LogP contribution in [-0.2, 0) is 16.9 Å². The highest BCUT2D eigenvalue weighted by Crippen LogP contribution is 2.42. The lowest BCUT2D eigenvalue weighted by atomic mass is 9.71. The molecule has 0 spiro atoms. The van der Waals surface area contributed by atoms with Gasteiger partial charge in [0.05, 0.1) is 29.1 Å². The molecule has 0 radical (unpaired) electrons. The Morgan fingerprint density at radius 2 is 1.75 bits per heavy atom. The molecule has 6 nitrogen and oxygen atoms in total. The summed E-state index contributed by atoms with van der Waals surface area (Å²) >= 11 is 0. The van der Waals surface area contributed by atoms with Crippen LogP contribution in [0.25, 0.3) is 33.3 Å². The largest absolute Gasteiger partial charge is 0.444 e. The van der Waals surface area contributed by atoms with Crippen molar-refractivity contribution in [3.8, 4) is 22.4 Å². The normalized spacial score (nSPS) is 14.8. The van der Waals surface area contributed by atoms with Gasteiger partial charge in [-0.3, -0.25) is 4.98 Å². The van der Waals surface area contributed by atoms with Crippen molar-refractivity contribution in [2.75, 3.05) is 0 Å². The van der Waals surface area contributed by atoms with Crippen LogP contribution in [0.15, 0.2) is 72.9 Å². The van der Waals surface area contributed by atoms with Crippen LogP contribution < -0.4 is 5.32 Å². The number of fused-ring (bicyclic) bond motifs is 1. The molecule has 1 saturated carbocycles. The van der Waals surface area contributed by atoms with Gasteiger partial charge in [0.1, 0.15) is 5.60 Å². The van der Waals surface area contributed by atoms with E-state index in [4.69, 9.17) is 9.72 Å². The number of rotatable bonds is 5. The molecule has 184 valence electrons. The van der Waals surface area contributed by atoms with Gasteiger partial charge in [-0.1, -0.05) is 54.6 Å². The minimum atomic E-state index is -0.542. The summed E-state index contributed by atoms with van der Waals surface area (Å²) in [5.41, 5.74) is 5.38. The van der Waals surface area contributed by atoms with E-state index in [1.807, 2.05) is 45.0 Å². The van der Waals surface area contributed by atoms with Crippen LogP contribution in [0.3, 0.4) is 0 Å².